The molecule has 1 aliphatic heterocycles. The summed E-state index contributed by atoms with van der Waals surface area (Å²) in [6, 6.07) is 7.76. The fourth-order valence-corrected chi connectivity index (χ4v) is 2.98. The highest BCUT2D eigenvalue weighted by atomic mass is 16.5. The summed E-state index contributed by atoms with van der Waals surface area (Å²) in [6.07, 6.45) is 3.91. The molecular formula is C17H25NO3. The Labute approximate surface area is 126 Å². The molecule has 0 aliphatic carbocycles. The van der Waals surface area contributed by atoms with Gasteiger partial charge in [0.25, 0.3) is 0 Å². The Bertz CT molecular complexity index is 465. The molecule has 1 heterocycles. The molecule has 0 saturated carbocycles. The third-order valence-corrected chi connectivity index (χ3v) is 4.30. The van der Waals surface area contributed by atoms with Crippen molar-refractivity contribution in [3.05, 3.63) is 29.8 Å². The molecule has 0 aromatic heterocycles. The van der Waals surface area contributed by atoms with Crippen LogP contribution in [-0.2, 0) is 11.2 Å². The zero-order valence-corrected chi connectivity index (χ0v) is 13.0. The molecule has 1 aliphatic rings. The van der Waals surface area contributed by atoms with Crippen molar-refractivity contribution in [3.63, 3.8) is 0 Å². The van der Waals surface area contributed by atoms with E-state index in [1.807, 2.05) is 38.1 Å². The molecule has 1 aromatic carbocycles. The van der Waals surface area contributed by atoms with Gasteiger partial charge in [-0.15, -0.1) is 0 Å². The summed E-state index contributed by atoms with van der Waals surface area (Å²) in [5.41, 5.74) is 0.210. The molecule has 0 bridgehead atoms. The van der Waals surface area contributed by atoms with E-state index in [1.54, 1.807) is 0 Å². The van der Waals surface area contributed by atoms with Crippen molar-refractivity contribution in [2.24, 2.45) is 0 Å². The molecule has 4 heteroatoms. The van der Waals surface area contributed by atoms with Crippen LogP contribution in [0.5, 0.6) is 5.75 Å². The molecule has 0 spiro atoms. The first-order chi connectivity index (χ1) is 10.1. The van der Waals surface area contributed by atoms with Crippen LogP contribution in [-0.4, -0.2) is 41.2 Å². The molecule has 4 nitrogen and oxygen atoms in total. The molecule has 1 saturated heterocycles. The van der Waals surface area contributed by atoms with E-state index in [9.17, 15) is 9.90 Å². The number of nitrogens with zero attached hydrogens (tertiary/aromatic N) is 1. The third kappa shape index (κ3) is 3.76. The number of carboxylic acid groups (broad SMARTS) is 1. The fourth-order valence-electron chi connectivity index (χ4n) is 2.98. The molecule has 1 aromatic rings. The van der Waals surface area contributed by atoms with Gasteiger partial charge >= 0.3 is 5.97 Å². The SMILES string of the molecule is CCOc1ccc(CC(C)(C(=O)O)N2CCCCC2)cc1. The second kappa shape index (κ2) is 6.94. The van der Waals surface area contributed by atoms with Gasteiger partial charge in [0.1, 0.15) is 11.3 Å². The smallest absolute Gasteiger partial charge is 0.324 e. The predicted octanol–water partition coefficient (Wildman–Crippen LogP) is 2.96. The lowest BCUT2D eigenvalue weighted by Gasteiger charge is -2.40. The number of hydrogen-bond donors (Lipinski definition) is 1. The lowest BCUT2D eigenvalue weighted by atomic mass is 9.89. The summed E-state index contributed by atoms with van der Waals surface area (Å²) < 4.78 is 5.43. The van der Waals surface area contributed by atoms with Gasteiger partial charge in [0.05, 0.1) is 6.61 Å². The maximum absolute atomic E-state index is 11.8. The number of likely N-dealkylation sites (tertiary alicyclic amines) is 1. The molecule has 0 radical (unpaired) electrons. The molecule has 116 valence electrons. The summed E-state index contributed by atoms with van der Waals surface area (Å²) >= 11 is 0. The van der Waals surface area contributed by atoms with Gasteiger partial charge in [-0.1, -0.05) is 18.6 Å². The highest BCUT2D eigenvalue weighted by Gasteiger charge is 2.39. The van der Waals surface area contributed by atoms with Crippen LogP contribution in [0, 0.1) is 0 Å². The highest BCUT2D eigenvalue weighted by molar-refractivity contribution is 5.78. The minimum Gasteiger partial charge on any atom is -0.494 e. The molecule has 1 fully saturated rings. The van der Waals surface area contributed by atoms with E-state index in [-0.39, 0.29) is 0 Å². The fraction of sp³-hybridized carbons (Fsp3) is 0.588. The minimum absolute atomic E-state index is 0.523. The molecule has 0 amide bonds. The van der Waals surface area contributed by atoms with Crippen LogP contribution in [0.25, 0.3) is 0 Å². The van der Waals surface area contributed by atoms with Crippen LogP contribution in [0.4, 0.5) is 0 Å². The van der Waals surface area contributed by atoms with E-state index in [4.69, 9.17) is 4.74 Å². The standard InChI is InChI=1S/C17H25NO3/c1-3-21-15-9-7-14(8-10-15)13-17(2,16(19)20)18-11-5-4-6-12-18/h7-10H,3-6,11-13H2,1-2H3,(H,19,20). The quantitative estimate of drug-likeness (QED) is 0.875. The van der Waals surface area contributed by atoms with Crippen molar-refractivity contribution in [3.8, 4) is 5.75 Å². The van der Waals surface area contributed by atoms with E-state index in [2.05, 4.69) is 4.90 Å². The van der Waals surface area contributed by atoms with Crippen molar-refractivity contribution < 1.29 is 14.6 Å². The van der Waals surface area contributed by atoms with Gasteiger partial charge in [0, 0.05) is 6.42 Å². The number of carbonyl (C=O) groups is 1. The monoisotopic (exact) mass is 291 g/mol. The van der Waals surface area contributed by atoms with Crippen molar-refractivity contribution >= 4 is 5.97 Å². The molecule has 1 atom stereocenters. The zero-order valence-electron chi connectivity index (χ0n) is 13.0. The summed E-state index contributed by atoms with van der Waals surface area (Å²) in [6.45, 7) is 6.18. The van der Waals surface area contributed by atoms with Crippen molar-refractivity contribution in [2.45, 2.75) is 45.1 Å². The summed E-state index contributed by atoms with van der Waals surface area (Å²) in [4.78, 5) is 13.9. The topological polar surface area (TPSA) is 49.8 Å². The van der Waals surface area contributed by atoms with E-state index in [0.29, 0.717) is 13.0 Å². The van der Waals surface area contributed by atoms with Gasteiger partial charge in [0.15, 0.2) is 0 Å². The normalized spacial score (nSPS) is 19.0. The van der Waals surface area contributed by atoms with E-state index in [0.717, 1.165) is 37.2 Å². The number of piperidine rings is 1. The Balaban J connectivity index is 2.13. The number of hydrogen-bond acceptors (Lipinski definition) is 3. The largest absolute Gasteiger partial charge is 0.494 e. The van der Waals surface area contributed by atoms with Crippen molar-refractivity contribution in [2.75, 3.05) is 19.7 Å². The van der Waals surface area contributed by atoms with Crippen LogP contribution in [0.1, 0.15) is 38.7 Å². The summed E-state index contributed by atoms with van der Waals surface area (Å²) in [5, 5.41) is 9.72. The molecule has 21 heavy (non-hydrogen) atoms. The second-order valence-corrected chi connectivity index (χ2v) is 5.88. The Morgan fingerprint density at radius 3 is 2.38 bits per heavy atom. The predicted molar refractivity (Wildman–Crippen MR) is 82.8 cm³/mol. The summed E-state index contributed by atoms with van der Waals surface area (Å²) in [5.74, 6) is 0.0922. The summed E-state index contributed by atoms with van der Waals surface area (Å²) in [7, 11) is 0. The molecule has 1 N–H and O–H groups in total. The Hall–Kier alpha value is -1.55. The first kappa shape index (κ1) is 15.8. The van der Waals surface area contributed by atoms with E-state index in [1.165, 1.54) is 6.42 Å². The average molecular weight is 291 g/mol. The lowest BCUT2D eigenvalue weighted by Crippen LogP contribution is -2.55. The van der Waals surface area contributed by atoms with Crippen LogP contribution in [0.2, 0.25) is 0 Å². The zero-order chi connectivity index (χ0) is 15.3. The van der Waals surface area contributed by atoms with Crippen LogP contribution < -0.4 is 4.74 Å². The number of rotatable bonds is 6. The van der Waals surface area contributed by atoms with Gasteiger partial charge in [0.2, 0.25) is 0 Å². The van der Waals surface area contributed by atoms with E-state index >= 15 is 0 Å². The average Bonchev–Trinajstić information content (AvgIpc) is 2.50. The lowest BCUT2D eigenvalue weighted by molar-refractivity contribution is -0.151. The minimum atomic E-state index is -0.826. The maximum atomic E-state index is 11.8. The van der Waals surface area contributed by atoms with Gasteiger partial charge in [-0.05, 0) is 57.5 Å². The number of ether oxygens (including phenoxy) is 1. The Morgan fingerprint density at radius 1 is 1.24 bits per heavy atom. The van der Waals surface area contributed by atoms with Gasteiger partial charge in [-0.3, -0.25) is 9.69 Å². The molecule has 1 unspecified atom stereocenters. The molecular weight excluding hydrogens is 266 g/mol. The first-order valence-corrected chi connectivity index (χ1v) is 7.76. The molecule has 2 rings (SSSR count). The van der Waals surface area contributed by atoms with Gasteiger partial charge in [-0.2, -0.15) is 0 Å². The number of aliphatic carboxylic acids is 1. The third-order valence-electron chi connectivity index (χ3n) is 4.30. The number of carboxylic acids is 1. The van der Waals surface area contributed by atoms with Gasteiger partial charge < -0.3 is 9.84 Å². The Kier molecular flexibility index (Phi) is 5.23. The number of benzene rings is 1. The second-order valence-electron chi connectivity index (χ2n) is 5.88. The van der Waals surface area contributed by atoms with Gasteiger partial charge in [-0.25, -0.2) is 0 Å². The van der Waals surface area contributed by atoms with Crippen molar-refractivity contribution in [1.82, 2.24) is 4.90 Å². The van der Waals surface area contributed by atoms with E-state index < -0.39 is 11.5 Å². The van der Waals surface area contributed by atoms with Crippen LogP contribution >= 0.6 is 0 Å². The maximum Gasteiger partial charge on any atom is 0.324 e. The Morgan fingerprint density at radius 2 is 1.86 bits per heavy atom. The van der Waals surface area contributed by atoms with Crippen LogP contribution in [0.3, 0.4) is 0 Å². The van der Waals surface area contributed by atoms with Crippen molar-refractivity contribution in [1.29, 1.82) is 0 Å². The highest BCUT2D eigenvalue weighted by Crippen LogP contribution is 2.26. The van der Waals surface area contributed by atoms with Crippen LogP contribution in [0.15, 0.2) is 24.3 Å². The first-order valence-electron chi connectivity index (χ1n) is 7.76.